The average Bonchev–Trinajstić information content (AvgIpc) is 2.64. The van der Waals surface area contributed by atoms with Gasteiger partial charge in [-0.3, -0.25) is 10.1 Å². The maximum Gasteiger partial charge on any atom is 0.326 e. The average molecular weight is 201 g/mol. The van der Waals surface area contributed by atoms with E-state index in [1.54, 1.807) is 0 Å². The second kappa shape index (κ2) is 4.75. The second-order valence-corrected chi connectivity index (χ2v) is 3.85. The van der Waals surface area contributed by atoms with E-state index in [2.05, 4.69) is 19.2 Å². The minimum absolute atomic E-state index is 0.271. The number of nitrogens with one attached hydrogen (secondary N) is 1. The number of carbonyl (C=O) groups is 1. The topological polar surface area (TPSA) is 58.6 Å². The highest BCUT2D eigenvalue weighted by atomic mass is 16.5. The fourth-order valence-electron chi connectivity index (χ4n) is 1.79. The summed E-state index contributed by atoms with van der Waals surface area (Å²) in [6.07, 6.45) is 2.47. The molecule has 0 amide bonds. The molecule has 0 aromatic rings. The van der Waals surface area contributed by atoms with Gasteiger partial charge in [0.2, 0.25) is 0 Å². The predicted molar refractivity (Wildman–Crippen MR) is 53.3 cm³/mol. The van der Waals surface area contributed by atoms with E-state index in [1.165, 1.54) is 0 Å². The predicted octanol–water partition coefficient (Wildman–Crippen LogP) is 1.01. The van der Waals surface area contributed by atoms with Crippen LogP contribution in [-0.2, 0) is 9.53 Å². The first-order chi connectivity index (χ1) is 6.64. The third-order valence-corrected chi connectivity index (χ3v) is 2.90. The Morgan fingerprint density at radius 2 is 2.21 bits per heavy atom. The molecule has 82 valence electrons. The van der Waals surface area contributed by atoms with E-state index < -0.39 is 11.5 Å². The molecule has 1 aliphatic rings. The first kappa shape index (κ1) is 11.5. The van der Waals surface area contributed by atoms with Gasteiger partial charge in [-0.15, -0.1) is 0 Å². The van der Waals surface area contributed by atoms with Gasteiger partial charge in [0.25, 0.3) is 0 Å². The Morgan fingerprint density at radius 3 is 2.57 bits per heavy atom. The van der Waals surface area contributed by atoms with Gasteiger partial charge in [0.05, 0.1) is 6.61 Å². The quantitative estimate of drug-likeness (QED) is 0.697. The number of carboxylic acids is 1. The third-order valence-electron chi connectivity index (χ3n) is 2.90. The van der Waals surface area contributed by atoms with Crippen molar-refractivity contribution in [3.05, 3.63) is 0 Å². The van der Waals surface area contributed by atoms with Crippen molar-refractivity contribution in [2.45, 2.75) is 44.7 Å². The summed E-state index contributed by atoms with van der Waals surface area (Å²) in [5, 5.41) is 12.4. The molecule has 1 aliphatic heterocycles. The molecular formula is C10H19NO3. The standard InChI is InChI=1S/C10H19NO3/c1-3-8(4-2)11-10(9(12)13)5-6-14-7-10/h8,11H,3-7H2,1-2H3,(H,12,13). The highest BCUT2D eigenvalue weighted by Gasteiger charge is 2.43. The lowest BCUT2D eigenvalue weighted by Crippen LogP contribution is -2.56. The smallest absolute Gasteiger partial charge is 0.326 e. The van der Waals surface area contributed by atoms with E-state index in [0.29, 0.717) is 19.6 Å². The van der Waals surface area contributed by atoms with Gasteiger partial charge >= 0.3 is 5.97 Å². The zero-order valence-electron chi connectivity index (χ0n) is 8.88. The summed E-state index contributed by atoms with van der Waals surface area (Å²) in [4.78, 5) is 11.1. The maximum absolute atomic E-state index is 11.1. The van der Waals surface area contributed by atoms with Crippen LogP contribution < -0.4 is 5.32 Å². The van der Waals surface area contributed by atoms with Crippen LogP contribution in [0.25, 0.3) is 0 Å². The summed E-state index contributed by atoms with van der Waals surface area (Å²) < 4.78 is 5.17. The lowest BCUT2D eigenvalue weighted by atomic mass is 9.96. The van der Waals surface area contributed by atoms with E-state index in [9.17, 15) is 4.79 Å². The number of carboxylic acid groups (broad SMARTS) is 1. The summed E-state index contributed by atoms with van der Waals surface area (Å²) in [7, 11) is 0. The second-order valence-electron chi connectivity index (χ2n) is 3.85. The summed E-state index contributed by atoms with van der Waals surface area (Å²) in [5.74, 6) is -0.790. The lowest BCUT2D eigenvalue weighted by Gasteiger charge is -2.28. The molecule has 1 heterocycles. The Hall–Kier alpha value is -0.610. The van der Waals surface area contributed by atoms with Gasteiger partial charge in [0.1, 0.15) is 5.54 Å². The number of rotatable bonds is 5. The number of hydrogen-bond acceptors (Lipinski definition) is 3. The zero-order valence-corrected chi connectivity index (χ0v) is 8.88. The molecule has 0 spiro atoms. The van der Waals surface area contributed by atoms with Gasteiger partial charge in [-0.05, 0) is 12.8 Å². The Bertz CT molecular complexity index is 196. The summed E-state index contributed by atoms with van der Waals surface area (Å²) in [5.41, 5.74) is -0.837. The van der Waals surface area contributed by atoms with Gasteiger partial charge < -0.3 is 9.84 Å². The Labute approximate surface area is 84.6 Å². The van der Waals surface area contributed by atoms with Crippen molar-refractivity contribution >= 4 is 5.97 Å². The summed E-state index contributed by atoms with van der Waals surface area (Å²) in [6, 6.07) is 0.271. The zero-order chi connectivity index (χ0) is 10.6. The van der Waals surface area contributed by atoms with Crippen LogP contribution in [0.1, 0.15) is 33.1 Å². The van der Waals surface area contributed by atoms with Crippen molar-refractivity contribution in [3.8, 4) is 0 Å². The molecule has 1 rings (SSSR count). The van der Waals surface area contributed by atoms with Crippen LogP contribution in [0.15, 0.2) is 0 Å². The largest absolute Gasteiger partial charge is 0.480 e. The minimum Gasteiger partial charge on any atom is -0.480 e. The van der Waals surface area contributed by atoms with Crippen LogP contribution in [0.3, 0.4) is 0 Å². The maximum atomic E-state index is 11.1. The first-order valence-corrected chi connectivity index (χ1v) is 5.23. The molecule has 0 aromatic heterocycles. The van der Waals surface area contributed by atoms with E-state index in [0.717, 1.165) is 12.8 Å². The van der Waals surface area contributed by atoms with Crippen molar-refractivity contribution in [1.29, 1.82) is 0 Å². The Morgan fingerprint density at radius 1 is 1.57 bits per heavy atom. The molecule has 1 unspecified atom stereocenters. The van der Waals surface area contributed by atoms with Crippen LogP contribution in [0, 0.1) is 0 Å². The monoisotopic (exact) mass is 201 g/mol. The number of ether oxygens (including phenoxy) is 1. The molecule has 0 aliphatic carbocycles. The molecule has 14 heavy (non-hydrogen) atoms. The van der Waals surface area contributed by atoms with Crippen LogP contribution >= 0.6 is 0 Å². The fourth-order valence-corrected chi connectivity index (χ4v) is 1.79. The third kappa shape index (κ3) is 2.25. The molecular weight excluding hydrogens is 182 g/mol. The van der Waals surface area contributed by atoms with E-state index >= 15 is 0 Å². The van der Waals surface area contributed by atoms with Crippen LogP contribution in [-0.4, -0.2) is 35.9 Å². The van der Waals surface area contributed by atoms with Crippen molar-refractivity contribution in [3.63, 3.8) is 0 Å². The SMILES string of the molecule is CCC(CC)NC1(C(=O)O)CCOC1. The molecule has 2 N–H and O–H groups in total. The van der Waals surface area contributed by atoms with Crippen molar-refractivity contribution in [2.75, 3.05) is 13.2 Å². The van der Waals surface area contributed by atoms with Gasteiger partial charge in [-0.25, -0.2) is 0 Å². The molecule has 1 fully saturated rings. The summed E-state index contributed by atoms with van der Waals surface area (Å²) >= 11 is 0. The molecule has 0 aromatic carbocycles. The van der Waals surface area contributed by atoms with Crippen LogP contribution in [0.4, 0.5) is 0 Å². The number of hydrogen-bond donors (Lipinski definition) is 2. The molecule has 4 heteroatoms. The van der Waals surface area contributed by atoms with Gasteiger partial charge in [-0.2, -0.15) is 0 Å². The fraction of sp³-hybridized carbons (Fsp3) is 0.900. The normalized spacial score (nSPS) is 27.1. The highest BCUT2D eigenvalue weighted by Crippen LogP contribution is 2.20. The molecule has 1 saturated heterocycles. The molecule has 0 saturated carbocycles. The molecule has 1 atom stereocenters. The van der Waals surface area contributed by atoms with E-state index in [4.69, 9.17) is 9.84 Å². The Kier molecular flexibility index (Phi) is 3.89. The van der Waals surface area contributed by atoms with Crippen LogP contribution in [0.2, 0.25) is 0 Å². The van der Waals surface area contributed by atoms with Crippen molar-refractivity contribution in [2.24, 2.45) is 0 Å². The summed E-state index contributed by atoms with van der Waals surface area (Å²) in [6.45, 7) is 4.96. The molecule has 4 nitrogen and oxygen atoms in total. The molecule has 0 bridgehead atoms. The van der Waals surface area contributed by atoms with Crippen molar-refractivity contribution < 1.29 is 14.6 Å². The lowest BCUT2D eigenvalue weighted by molar-refractivity contribution is -0.145. The van der Waals surface area contributed by atoms with E-state index in [-0.39, 0.29) is 6.04 Å². The minimum atomic E-state index is -0.837. The van der Waals surface area contributed by atoms with Crippen molar-refractivity contribution in [1.82, 2.24) is 5.32 Å². The first-order valence-electron chi connectivity index (χ1n) is 5.23. The van der Waals surface area contributed by atoms with Gasteiger partial charge in [0.15, 0.2) is 0 Å². The Balaban J connectivity index is 2.64. The van der Waals surface area contributed by atoms with Gasteiger partial charge in [-0.1, -0.05) is 13.8 Å². The van der Waals surface area contributed by atoms with Gasteiger partial charge in [0, 0.05) is 19.1 Å². The molecule has 0 radical (unpaired) electrons. The van der Waals surface area contributed by atoms with E-state index in [1.807, 2.05) is 0 Å². The highest BCUT2D eigenvalue weighted by molar-refractivity contribution is 5.79. The number of aliphatic carboxylic acids is 1. The van der Waals surface area contributed by atoms with Crippen LogP contribution in [0.5, 0.6) is 0 Å².